The van der Waals surface area contributed by atoms with E-state index < -0.39 is 5.60 Å². The Balaban J connectivity index is 1.41. The van der Waals surface area contributed by atoms with Gasteiger partial charge < -0.3 is 14.4 Å². The summed E-state index contributed by atoms with van der Waals surface area (Å²) in [6, 6.07) is 3.15. The van der Waals surface area contributed by atoms with E-state index in [2.05, 4.69) is 12.0 Å². The normalized spacial score (nSPS) is 34.5. The van der Waals surface area contributed by atoms with Gasteiger partial charge in [0, 0.05) is 24.7 Å². The van der Waals surface area contributed by atoms with E-state index in [1.807, 2.05) is 4.90 Å². The van der Waals surface area contributed by atoms with Gasteiger partial charge in [-0.15, -0.1) is 0 Å². The number of hydrogen-bond donors (Lipinski definition) is 0. The fourth-order valence-corrected chi connectivity index (χ4v) is 4.42. The predicted octanol–water partition coefficient (Wildman–Crippen LogP) is 1.07. The molecular formula is C19H27N3O4. The second kappa shape index (κ2) is 7.12. The van der Waals surface area contributed by atoms with Gasteiger partial charge in [0.15, 0.2) is 0 Å². The Bertz CT molecular complexity index is 715. The second-order valence-electron chi connectivity index (χ2n) is 8.09. The van der Waals surface area contributed by atoms with Crippen LogP contribution >= 0.6 is 0 Å². The van der Waals surface area contributed by atoms with E-state index in [9.17, 15) is 9.59 Å². The van der Waals surface area contributed by atoms with Crippen molar-refractivity contribution in [3.8, 4) is 0 Å². The summed E-state index contributed by atoms with van der Waals surface area (Å²) in [6.45, 7) is 4.93. The summed E-state index contributed by atoms with van der Waals surface area (Å²) in [5.41, 5.74) is -0.574. The lowest BCUT2D eigenvalue weighted by Crippen LogP contribution is -2.50. The molecule has 0 bridgehead atoms. The van der Waals surface area contributed by atoms with Crippen LogP contribution in [0.1, 0.15) is 32.6 Å². The van der Waals surface area contributed by atoms with Crippen molar-refractivity contribution in [3.05, 3.63) is 28.7 Å². The molecule has 0 N–H and O–H groups in total. The first kappa shape index (κ1) is 17.7. The molecule has 2 unspecified atom stereocenters. The molecule has 4 rings (SSSR count). The Kier molecular flexibility index (Phi) is 4.84. The number of aromatic nitrogens is 2. The summed E-state index contributed by atoms with van der Waals surface area (Å²) in [7, 11) is 0. The average Bonchev–Trinajstić information content (AvgIpc) is 2.86. The molecule has 2 saturated heterocycles. The Morgan fingerprint density at radius 1 is 1.42 bits per heavy atom. The van der Waals surface area contributed by atoms with Crippen LogP contribution in [0.5, 0.6) is 0 Å². The van der Waals surface area contributed by atoms with Gasteiger partial charge in [0.05, 0.1) is 32.4 Å². The van der Waals surface area contributed by atoms with Crippen LogP contribution < -0.4 is 5.56 Å². The van der Waals surface area contributed by atoms with E-state index in [0.717, 1.165) is 25.7 Å². The van der Waals surface area contributed by atoms with Gasteiger partial charge in [0.1, 0.15) is 5.60 Å². The lowest BCUT2D eigenvalue weighted by atomic mass is 9.75. The van der Waals surface area contributed by atoms with E-state index in [1.165, 1.54) is 10.7 Å². The van der Waals surface area contributed by atoms with Crippen LogP contribution in [0, 0.1) is 11.8 Å². The molecule has 3 heterocycles. The zero-order valence-electron chi connectivity index (χ0n) is 15.3. The molecule has 0 radical (unpaired) electrons. The first-order chi connectivity index (χ1) is 12.5. The number of carbonyl (C=O) groups is 1. The molecule has 3 fully saturated rings. The van der Waals surface area contributed by atoms with Gasteiger partial charge >= 0.3 is 0 Å². The lowest BCUT2D eigenvalue weighted by molar-refractivity contribution is -0.144. The minimum Gasteiger partial charge on any atom is -0.377 e. The fourth-order valence-electron chi connectivity index (χ4n) is 4.42. The van der Waals surface area contributed by atoms with Crippen LogP contribution in [0.3, 0.4) is 0 Å². The minimum absolute atomic E-state index is 0.0787. The molecule has 1 aliphatic carbocycles. The first-order valence-corrected chi connectivity index (χ1v) is 9.61. The number of ether oxygens (including phenoxy) is 2. The monoisotopic (exact) mass is 361 g/mol. The highest BCUT2D eigenvalue weighted by molar-refractivity contribution is 5.79. The predicted molar refractivity (Wildman–Crippen MR) is 94.6 cm³/mol. The largest absolute Gasteiger partial charge is 0.377 e. The smallest absolute Gasteiger partial charge is 0.266 e. The van der Waals surface area contributed by atoms with E-state index in [1.54, 1.807) is 12.3 Å². The molecule has 0 aromatic carbocycles. The van der Waals surface area contributed by atoms with Crippen molar-refractivity contribution in [2.75, 3.05) is 26.3 Å². The molecule has 1 aromatic heterocycles. The van der Waals surface area contributed by atoms with Crippen molar-refractivity contribution in [3.63, 3.8) is 0 Å². The molecule has 1 spiro atoms. The van der Waals surface area contributed by atoms with E-state index in [-0.39, 0.29) is 23.5 Å². The third-order valence-electron chi connectivity index (χ3n) is 5.88. The molecule has 1 aromatic rings. The SMILES string of the molecule is CC1CC(C(=O)N2CCOCC3(CCC(Cn4ncccc4=O)O3)C2)C1. The Morgan fingerprint density at radius 2 is 2.27 bits per heavy atom. The molecule has 142 valence electrons. The van der Waals surface area contributed by atoms with Crippen LogP contribution in [0.15, 0.2) is 23.1 Å². The summed E-state index contributed by atoms with van der Waals surface area (Å²) in [5, 5.41) is 4.11. The number of hydrogen-bond acceptors (Lipinski definition) is 5. The molecule has 26 heavy (non-hydrogen) atoms. The Labute approximate surface area is 153 Å². The second-order valence-corrected chi connectivity index (χ2v) is 8.09. The molecule has 1 saturated carbocycles. The first-order valence-electron chi connectivity index (χ1n) is 9.61. The number of amides is 1. The highest BCUT2D eigenvalue weighted by atomic mass is 16.6. The molecular weight excluding hydrogens is 334 g/mol. The molecule has 7 nitrogen and oxygen atoms in total. The third kappa shape index (κ3) is 3.55. The maximum Gasteiger partial charge on any atom is 0.266 e. The summed E-state index contributed by atoms with van der Waals surface area (Å²) < 4.78 is 13.6. The van der Waals surface area contributed by atoms with Gasteiger partial charge in [0.2, 0.25) is 5.91 Å². The minimum atomic E-state index is -0.454. The highest BCUT2D eigenvalue weighted by Crippen LogP contribution is 2.37. The van der Waals surface area contributed by atoms with Crippen molar-refractivity contribution in [1.82, 2.24) is 14.7 Å². The molecule has 2 aliphatic heterocycles. The number of nitrogens with zero attached hydrogens (tertiary/aromatic N) is 3. The Hall–Kier alpha value is -1.73. The number of rotatable bonds is 3. The number of carbonyl (C=O) groups excluding carboxylic acids is 1. The van der Waals surface area contributed by atoms with E-state index >= 15 is 0 Å². The topological polar surface area (TPSA) is 73.7 Å². The average molecular weight is 361 g/mol. The fraction of sp³-hybridized carbons (Fsp3) is 0.737. The summed E-state index contributed by atoms with van der Waals surface area (Å²) in [4.78, 5) is 26.6. The quantitative estimate of drug-likeness (QED) is 0.805. The zero-order valence-corrected chi connectivity index (χ0v) is 15.3. The molecule has 2 atom stereocenters. The maximum absolute atomic E-state index is 12.8. The van der Waals surface area contributed by atoms with Gasteiger partial charge in [0.25, 0.3) is 5.56 Å². The van der Waals surface area contributed by atoms with Crippen molar-refractivity contribution in [1.29, 1.82) is 0 Å². The van der Waals surface area contributed by atoms with Crippen LogP contribution in [0.25, 0.3) is 0 Å². The van der Waals surface area contributed by atoms with Gasteiger partial charge in [-0.25, -0.2) is 4.68 Å². The maximum atomic E-state index is 12.8. The molecule has 1 amide bonds. The van der Waals surface area contributed by atoms with E-state index in [4.69, 9.17) is 9.47 Å². The van der Waals surface area contributed by atoms with Crippen molar-refractivity contribution < 1.29 is 14.3 Å². The van der Waals surface area contributed by atoms with Crippen molar-refractivity contribution in [2.24, 2.45) is 11.8 Å². The van der Waals surface area contributed by atoms with Crippen molar-refractivity contribution in [2.45, 2.75) is 50.9 Å². The standard InChI is InChI=1S/C19H27N3O4/c1-14-9-15(10-14)18(24)21-7-8-25-13-19(12-21)5-4-16(26-19)11-22-17(23)3-2-6-20-22/h2-3,6,14-16H,4-5,7-13H2,1H3. The van der Waals surface area contributed by atoms with Crippen LogP contribution in [0.4, 0.5) is 0 Å². The zero-order chi connectivity index (χ0) is 18.1. The van der Waals surface area contributed by atoms with Crippen LogP contribution in [0.2, 0.25) is 0 Å². The summed E-state index contributed by atoms with van der Waals surface area (Å²) in [5.74, 6) is 1.08. The van der Waals surface area contributed by atoms with Crippen LogP contribution in [-0.4, -0.2) is 58.6 Å². The Morgan fingerprint density at radius 3 is 3.04 bits per heavy atom. The third-order valence-corrected chi connectivity index (χ3v) is 5.88. The van der Waals surface area contributed by atoms with Gasteiger partial charge in [-0.05, 0) is 37.7 Å². The summed E-state index contributed by atoms with van der Waals surface area (Å²) >= 11 is 0. The van der Waals surface area contributed by atoms with Gasteiger partial charge in [-0.1, -0.05) is 6.92 Å². The van der Waals surface area contributed by atoms with Gasteiger partial charge in [-0.2, -0.15) is 5.10 Å². The highest BCUT2D eigenvalue weighted by Gasteiger charge is 2.45. The van der Waals surface area contributed by atoms with Gasteiger partial charge in [-0.3, -0.25) is 9.59 Å². The van der Waals surface area contributed by atoms with E-state index in [0.29, 0.717) is 38.8 Å². The van der Waals surface area contributed by atoms with Crippen LogP contribution in [-0.2, 0) is 20.8 Å². The van der Waals surface area contributed by atoms with Crippen molar-refractivity contribution >= 4 is 5.91 Å². The lowest BCUT2D eigenvalue weighted by Gasteiger charge is -2.38. The molecule has 7 heteroatoms. The summed E-state index contributed by atoms with van der Waals surface area (Å²) in [6.07, 6.45) is 5.20. The molecule has 3 aliphatic rings.